The summed E-state index contributed by atoms with van der Waals surface area (Å²) in [5.41, 5.74) is 1.43. The molecule has 0 saturated carbocycles. The van der Waals surface area contributed by atoms with Gasteiger partial charge in [0.15, 0.2) is 11.5 Å². The van der Waals surface area contributed by atoms with Crippen LogP contribution in [0.1, 0.15) is 11.1 Å². The molecule has 142 valence electrons. The first kappa shape index (κ1) is 19.0. The number of carbonyl (C=O) groups excluding carboxylic acids is 1. The number of amides is 2. The molecule has 7 nitrogen and oxygen atoms in total. The van der Waals surface area contributed by atoms with Gasteiger partial charge in [0, 0.05) is 23.1 Å². The minimum Gasteiger partial charge on any atom is -0.493 e. The van der Waals surface area contributed by atoms with E-state index in [1.165, 1.54) is 7.11 Å². The fraction of sp³-hybridized carbons (Fsp3) is 0.263. The van der Waals surface area contributed by atoms with Crippen LogP contribution in [-0.2, 0) is 17.8 Å². The molecule has 1 aliphatic heterocycles. The summed E-state index contributed by atoms with van der Waals surface area (Å²) in [4.78, 5) is 24.6. The Hall–Kier alpha value is -2.74. The summed E-state index contributed by atoms with van der Waals surface area (Å²) in [6.45, 7) is 1.65. The smallest absolute Gasteiger partial charge is 0.317 e. The van der Waals surface area contributed by atoms with Crippen molar-refractivity contribution >= 4 is 27.9 Å². The molecule has 1 saturated heterocycles. The van der Waals surface area contributed by atoms with Gasteiger partial charge in [0.25, 0.3) is 0 Å². The quantitative estimate of drug-likeness (QED) is 0.696. The highest BCUT2D eigenvalue weighted by Gasteiger charge is 2.21. The minimum absolute atomic E-state index is 0.109. The van der Waals surface area contributed by atoms with Crippen molar-refractivity contribution in [1.29, 1.82) is 0 Å². The third-order valence-corrected chi connectivity index (χ3v) is 4.63. The van der Waals surface area contributed by atoms with Crippen molar-refractivity contribution in [2.75, 3.05) is 20.2 Å². The molecule has 3 rings (SSSR count). The van der Waals surface area contributed by atoms with E-state index in [1.54, 1.807) is 29.2 Å². The molecule has 2 N–H and O–H groups in total. The molecule has 2 amide bonds. The number of nitrogens with zero attached hydrogens (tertiary/aromatic N) is 1. The average molecular weight is 435 g/mol. The van der Waals surface area contributed by atoms with Gasteiger partial charge in [-0.2, -0.15) is 0 Å². The molecular formula is C19H19BrN2O5. The van der Waals surface area contributed by atoms with E-state index < -0.39 is 5.97 Å². The molecule has 0 aliphatic carbocycles. The number of carbonyl (C=O) groups is 2. The van der Waals surface area contributed by atoms with Crippen molar-refractivity contribution in [2.24, 2.45) is 0 Å². The van der Waals surface area contributed by atoms with Crippen molar-refractivity contribution in [3.8, 4) is 17.2 Å². The zero-order valence-corrected chi connectivity index (χ0v) is 16.3. The summed E-state index contributed by atoms with van der Waals surface area (Å²) in [5, 5.41) is 11.8. The van der Waals surface area contributed by atoms with Crippen LogP contribution in [0.25, 0.3) is 0 Å². The molecule has 1 aliphatic rings. The summed E-state index contributed by atoms with van der Waals surface area (Å²) in [5.74, 6) is 0.571. The van der Waals surface area contributed by atoms with Crippen molar-refractivity contribution in [3.05, 3.63) is 52.0 Å². The monoisotopic (exact) mass is 434 g/mol. The number of methoxy groups -OCH3 is 1. The number of hydrogen-bond donors (Lipinski definition) is 2. The predicted octanol–water partition coefficient (Wildman–Crippen LogP) is 3.40. The first-order valence-corrected chi connectivity index (χ1v) is 9.13. The lowest BCUT2D eigenvalue weighted by atomic mass is 10.1. The van der Waals surface area contributed by atoms with Gasteiger partial charge in [0.05, 0.1) is 20.1 Å². The van der Waals surface area contributed by atoms with Gasteiger partial charge in [-0.15, -0.1) is 0 Å². The Labute approximate surface area is 165 Å². The number of rotatable bonds is 7. The highest BCUT2D eigenvalue weighted by atomic mass is 79.9. The van der Waals surface area contributed by atoms with Gasteiger partial charge in [0.2, 0.25) is 0 Å². The molecular weight excluding hydrogens is 416 g/mol. The number of carboxylic acid groups (broad SMARTS) is 1. The summed E-state index contributed by atoms with van der Waals surface area (Å²) < 4.78 is 12.3. The van der Waals surface area contributed by atoms with Crippen molar-refractivity contribution in [2.45, 2.75) is 13.0 Å². The van der Waals surface area contributed by atoms with Gasteiger partial charge in [-0.3, -0.25) is 4.79 Å². The van der Waals surface area contributed by atoms with Crippen LogP contribution in [0, 0.1) is 0 Å². The molecule has 2 aromatic rings. The van der Waals surface area contributed by atoms with Crippen LogP contribution in [-0.4, -0.2) is 42.2 Å². The second-order valence-corrected chi connectivity index (χ2v) is 6.98. The maximum absolute atomic E-state index is 11.9. The van der Waals surface area contributed by atoms with Crippen molar-refractivity contribution in [3.63, 3.8) is 0 Å². The molecule has 0 spiro atoms. The maximum Gasteiger partial charge on any atom is 0.317 e. The largest absolute Gasteiger partial charge is 0.493 e. The van der Waals surface area contributed by atoms with E-state index in [9.17, 15) is 9.59 Å². The minimum atomic E-state index is -0.921. The van der Waals surface area contributed by atoms with E-state index >= 15 is 0 Å². The molecule has 0 bridgehead atoms. The van der Waals surface area contributed by atoms with Gasteiger partial charge >= 0.3 is 12.0 Å². The zero-order valence-electron chi connectivity index (χ0n) is 14.7. The molecule has 8 heteroatoms. The van der Waals surface area contributed by atoms with E-state index in [0.717, 1.165) is 10.0 Å². The second kappa shape index (κ2) is 8.30. The fourth-order valence-electron chi connectivity index (χ4n) is 2.84. The van der Waals surface area contributed by atoms with E-state index in [2.05, 4.69) is 21.2 Å². The molecule has 2 aromatic carbocycles. The molecule has 0 aromatic heterocycles. The highest BCUT2D eigenvalue weighted by molar-refractivity contribution is 9.10. The third kappa shape index (κ3) is 4.71. The standard InChI is InChI=1S/C19H19BrN2O5/c1-26-16-4-2-12(9-18(23)24)8-17(16)27-15-5-3-14(20)10-13(15)11-22-7-6-21-19(22)25/h2-5,8,10H,6-7,9,11H2,1H3,(H,21,25)(H,23,24). The van der Waals surface area contributed by atoms with E-state index in [4.69, 9.17) is 14.6 Å². The van der Waals surface area contributed by atoms with Crippen molar-refractivity contribution in [1.82, 2.24) is 10.2 Å². The fourth-order valence-corrected chi connectivity index (χ4v) is 3.25. The molecule has 0 atom stereocenters. The second-order valence-electron chi connectivity index (χ2n) is 6.06. The predicted molar refractivity (Wildman–Crippen MR) is 102 cm³/mol. The van der Waals surface area contributed by atoms with E-state index in [0.29, 0.717) is 42.4 Å². The Morgan fingerprint density at radius 1 is 1.22 bits per heavy atom. The lowest BCUT2D eigenvalue weighted by Crippen LogP contribution is -2.27. The third-order valence-electron chi connectivity index (χ3n) is 4.13. The lowest BCUT2D eigenvalue weighted by Gasteiger charge is -2.18. The Morgan fingerprint density at radius 3 is 2.67 bits per heavy atom. The number of urea groups is 1. The van der Waals surface area contributed by atoms with Crippen LogP contribution >= 0.6 is 15.9 Å². The van der Waals surface area contributed by atoms with Gasteiger partial charge in [-0.1, -0.05) is 22.0 Å². The SMILES string of the molecule is COc1ccc(CC(=O)O)cc1Oc1ccc(Br)cc1CN1CCNC1=O. The van der Waals surface area contributed by atoms with Gasteiger partial charge in [0.1, 0.15) is 5.75 Å². The van der Waals surface area contributed by atoms with Crippen LogP contribution in [0.2, 0.25) is 0 Å². The lowest BCUT2D eigenvalue weighted by molar-refractivity contribution is -0.136. The Morgan fingerprint density at radius 2 is 2.00 bits per heavy atom. The zero-order chi connectivity index (χ0) is 19.4. The summed E-state index contributed by atoms with van der Waals surface area (Å²) in [6.07, 6.45) is -0.110. The Kier molecular flexibility index (Phi) is 5.85. The number of carboxylic acids is 1. The summed E-state index contributed by atoms with van der Waals surface area (Å²) >= 11 is 3.45. The van der Waals surface area contributed by atoms with Crippen LogP contribution in [0.5, 0.6) is 17.2 Å². The van der Waals surface area contributed by atoms with Crippen LogP contribution < -0.4 is 14.8 Å². The molecule has 27 heavy (non-hydrogen) atoms. The molecule has 1 fully saturated rings. The summed E-state index contributed by atoms with van der Waals surface area (Å²) in [6, 6.07) is 10.5. The van der Waals surface area contributed by atoms with Gasteiger partial charge in [-0.05, 0) is 35.9 Å². The van der Waals surface area contributed by atoms with Gasteiger partial charge < -0.3 is 24.8 Å². The molecule has 0 unspecified atom stereocenters. The number of nitrogens with one attached hydrogen (secondary N) is 1. The number of ether oxygens (including phenoxy) is 2. The van der Waals surface area contributed by atoms with Crippen LogP contribution in [0.4, 0.5) is 4.79 Å². The number of hydrogen-bond acceptors (Lipinski definition) is 4. The summed E-state index contributed by atoms with van der Waals surface area (Å²) in [7, 11) is 1.52. The molecule has 1 heterocycles. The van der Waals surface area contributed by atoms with Crippen LogP contribution in [0.15, 0.2) is 40.9 Å². The van der Waals surface area contributed by atoms with Crippen LogP contribution in [0.3, 0.4) is 0 Å². The highest BCUT2D eigenvalue weighted by Crippen LogP contribution is 2.35. The number of benzene rings is 2. The first-order valence-electron chi connectivity index (χ1n) is 8.34. The van der Waals surface area contributed by atoms with Crippen molar-refractivity contribution < 1.29 is 24.2 Å². The maximum atomic E-state index is 11.9. The molecule has 0 radical (unpaired) electrons. The van der Waals surface area contributed by atoms with Gasteiger partial charge in [-0.25, -0.2) is 4.79 Å². The number of aliphatic carboxylic acids is 1. The van der Waals surface area contributed by atoms with E-state index in [-0.39, 0.29) is 12.5 Å². The first-order chi connectivity index (χ1) is 13.0. The Bertz CT molecular complexity index is 871. The van der Waals surface area contributed by atoms with E-state index in [1.807, 2.05) is 12.1 Å². The number of halogens is 1. The normalized spacial score (nSPS) is 13.4. The average Bonchev–Trinajstić information content (AvgIpc) is 3.02. The topological polar surface area (TPSA) is 88.1 Å². The Balaban J connectivity index is 1.90.